The molecule has 0 aromatic heterocycles. The second-order valence-corrected chi connectivity index (χ2v) is 7.85. The first-order chi connectivity index (χ1) is 11.0. The maximum atomic E-state index is 12.2. The van der Waals surface area contributed by atoms with Gasteiger partial charge in [0.25, 0.3) is 5.91 Å². The molecule has 0 heterocycles. The van der Waals surface area contributed by atoms with Gasteiger partial charge >= 0.3 is 0 Å². The smallest absolute Gasteiger partial charge is 0.251 e. The Kier molecular flexibility index (Phi) is 6.59. The third-order valence-corrected chi connectivity index (χ3v) is 5.67. The highest BCUT2D eigenvalue weighted by atomic mass is 32.2. The molecule has 0 radical (unpaired) electrons. The lowest BCUT2D eigenvalue weighted by atomic mass is 9.95. The molecule has 6 heteroatoms. The Morgan fingerprint density at radius 1 is 1.13 bits per heavy atom. The summed E-state index contributed by atoms with van der Waals surface area (Å²) in [5.74, 6) is -0.125. The minimum absolute atomic E-state index is 0.125. The van der Waals surface area contributed by atoms with Gasteiger partial charge in [0, 0.05) is 18.2 Å². The number of sulfonamides is 1. The van der Waals surface area contributed by atoms with E-state index in [4.69, 9.17) is 0 Å². The fourth-order valence-electron chi connectivity index (χ4n) is 2.77. The van der Waals surface area contributed by atoms with Crippen molar-refractivity contribution in [1.82, 2.24) is 10.0 Å². The van der Waals surface area contributed by atoms with Gasteiger partial charge in [-0.25, -0.2) is 13.1 Å². The minimum Gasteiger partial charge on any atom is -0.349 e. The van der Waals surface area contributed by atoms with Gasteiger partial charge in [-0.15, -0.1) is 0 Å². The zero-order valence-corrected chi connectivity index (χ0v) is 14.5. The Labute approximate surface area is 138 Å². The lowest BCUT2D eigenvalue weighted by Gasteiger charge is -2.22. The van der Waals surface area contributed by atoms with Gasteiger partial charge in [-0.1, -0.05) is 32.6 Å². The van der Waals surface area contributed by atoms with Gasteiger partial charge in [-0.05, 0) is 43.5 Å². The third-order valence-electron chi connectivity index (χ3n) is 4.19. The summed E-state index contributed by atoms with van der Waals surface area (Å²) in [6.07, 6.45) is 7.35. The van der Waals surface area contributed by atoms with Crippen LogP contribution in [0.25, 0.3) is 0 Å². The molecule has 0 spiro atoms. The average molecular weight is 338 g/mol. The molecule has 1 aliphatic carbocycles. The molecule has 0 aliphatic heterocycles. The quantitative estimate of drug-likeness (QED) is 0.751. The van der Waals surface area contributed by atoms with E-state index < -0.39 is 10.0 Å². The second-order valence-electron chi connectivity index (χ2n) is 6.08. The molecule has 23 heavy (non-hydrogen) atoms. The number of unbranched alkanes of at least 4 members (excludes halogenated alkanes) is 1. The van der Waals surface area contributed by atoms with Gasteiger partial charge in [0.1, 0.15) is 0 Å². The van der Waals surface area contributed by atoms with Crippen LogP contribution in [0.1, 0.15) is 62.2 Å². The molecular formula is C17H26N2O3S. The molecule has 1 amide bonds. The van der Waals surface area contributed by atoms with Crippen LogP contribution in [0.4, 0.5) is 0 Å². The molecule has 128 valence electrons. The van der Waals surface area contributed by atoms with Crippen LogP contribution in [-0.2, 0) is 10.0 Å². The van der Waals surface area contributed by atoms with Crippen LogP contribution in [0.3, 0.4) is 0 Å². The van der Waals surface area contributed by atoms with Gasteiger partial charge in [-0.2, -0.15) is 0 Å². The third kappa shape index (κ3) is 5.32. The standard InChI is InChI=1S/C17H26N2O3S/c1-2-3-13-18-23(21,22)16-11-9-14(10-12-16)17(20)19-15-7-5-4-6-8-15/h9-12,15,18H,2-8,13H2,1H3,(H,19,20). The topological polar surface area (TPSA) is 75.3 Å². The number of amides is 1. The molecule has 0 bridgehead atoms. The molecule has 0 saturated heterocycles. The van der Waals surface area contributed by atoms with E-state index >= 15 is 0 Å². The van der Waals surface area contributed by atoms with Crippen molar-refractivity contribution in [2.75, 3.05) is 6.54 Å². The predicted octanol–water partition coefficient (Wildman–Crippen LogP) is 2.83. The van der Waals surface area contributed by atoms with Crippen molar-refractivity contribution in [1.29, 1.82) is 0 Å². The Hall–Kier alpha value is -1.40. The van der Waals surface area contributed by atoms with E-state index in [-0.39, 0.29) is 16.8 Å². The van der Waals surface area contributed by atoms with Crippen LogP contribution in [0, 0.1) is 0 Å². The molecule has 2 rings (SSSR count). The van der Waals surface area contributed by atoms with Crippen molar-refractivity contribution in [3.63, 3.8) is 0 Å². The molecule has 0 atom stereocenters. The summed E-state index contributed by atoms with van der Waals surface area (Å²) in [4.78, 5) is 12.4. The van der Waals surface area contributed by atoms with Crippen LogP contribution < -0.4 is 10.0 Å². The molecule has 0 unspecified atom stereocenters. The molecular weight excluding hydrogens is 312 g/mol. The molecule has 2 N–H and O–H groups in total. The van der Waals surface area contributed by atoms with Gasteiger partial charge in [-0.3, -0.25) is 4.79 Å². The van der Waals surface area contributed by atoms with E-state index in [1.54, 1.807) is 12.1 Å². The van der Waals surface area contributed by atoms with E-state index in [0.717, 1.165) is 38.5 Å². The molecule has 1 fully saturated rings. The highest BCUT2D eigenvalue weighted by Crippen LogP contribution is 2.18. The van der Waals surface area contributed by atoms with E-state index in [1.807, 2.05) is 6.92 Å². The number of rotatable bonds is 7. The van der Waals surface area contributed by atoms with Crippen molar-refractivity contribution >= 4 is 15.9 Å². The van der Waals surface area contributed by atoms with Crippen LogP contribution in [0.2, 0.25) is 0 Å². The number of benzene rings is 1. The van der Waals surface area contributed by atoms with Crippen LogP contribution >= 0.6 is 0 Å². The Morgan fingerprint density at radius 3 is 2.39 bits per heavy atom. The first-order valence-electron chi connectivity index (χ1n) is 8.43. The van der Waals surface area contributed by atoms with E-state index in [9.17, 15) is 13.2 Å². The summed E-state index contributed by atoms with van der Waals surface area (Å²) >= 11 is 0. The highest BCUT2D eigenvalue weighted by Gasteiger charge is 2.18. The predicted molar refractivity (Wildman–Crippen MR) is 90.9 cm³/mol. The number of carbonyl (C=O) groups excluding carboxylic acids is 1. The maximum Gasteiger partial charge on any atom is 0.251 e. The molecule has 1 aromatic carbocycles. The summed E-state index contributed by atoms with van der Waals surface area (Å²) in [5, 5.41) is 3.03. The molecule has 1 saturated carbocycles. The highest BCUT2D eigenvalue weighted by molar-refractivity contribution is 7.89. The normalized spacial score (nSPS) is 16.2. The Morgan fingerprint density at radius 2 is 1.78 bits per heavy atom. The van der Waals surface area contributed by atoms with E-state index in [2.05, 4.69) is 10.0 Å². The first kappa shape index (κ1) is 17.9. The minimum atomic E-state index is -3.48. The van der Waals surface area contributed by atoms with Gasteiger partial charge in [0.05, 0.1) is 4.90 Å². The number of hydrogen-bond donors (Lipinski definition) is 2. The van der Waals surface area contributed by atoms with Crippen molar-refractivity contribution in [2.24, 2.45) is 0 Å². The zero-order valence-electron chi connectivity index (χ0n) is 13.7. The summed E-state index contributed by atoms with van der Waals surface area (Å²) in [6, 6.07) is 6.38. The SMILES string of the molecule is CCCCNS(=O)(=O)c1ccc(C(=O)NC2CCCCC2)cc1. The summed E-state index contributed by atoms with van der Waals surface area (Å²) in [7, 11) is -3.48. The molecule has 1 aliphatic rings. The van der Waals surface area contributed by atoms with Crippen molar-refractivity contribution in [2.45, 2.75) is 62.8 Å². The largest absolute Gasteiger partial charge is 0.349 e. The van der Waals surface area contributed by atoms with E-state index in [0.29, 0.717) is 12.1 Å². The first-order valence-corrected chi connectivity index (χ1v) is 9.92. The van der Waals surface area contributed by atoms with Crippen molar-refractivity contribution in [3.8, 4) is 0 Å². The lowest BCUT2D eigenvalue weighted by Crippen LogP contribution is -2.36. The Bertz CT molecular complexity index is 605. The summed E-state index contributed by atoms with van der Waals surface area (Å²) < 4.78 is 26.7. The maximum absolute atomic E-state index is 12.2. The van der Waals surface area contributed by atoms with Crippen molar-refractivity contribution < 1.29 is 13.2 Å². The Balaban J connectivity index is 1.96. The van der Waals surface area contributed by atoms with Crippen LogP contribution in [0.15, 0.2) is 29.2 Å². The number of carbonyl (C=O) groups is 1. The van der Waals surface area contributed by atoms with Gasteiger partial charge < -0.3 is 5.32 Å². The lowest BCUT2D eigenvalue weighted by molar-refractivity contribution is 0.0927. The number of hydrogen-bond acceptors (Lipinski definition) is 3. The van der Waals surface area contributed by atoms with Gasteiger partial charge in [0.15, 0.2) is 0 Å². The summed E-state index contributed by atoms with van der Waals surface area (Å²) in [6.45, 7) is 2.44. The fourth-order valence-corrected chi connectivity index (χ4v) is 3.84. The van der Waals surface area contributed by atoms with Crippen molar-refractivity contribution in [3.05, 3.63) is 29.8 Å². The fraction of sp³-hybridized carbons (Fsp3) is 0.588. The molecule has 5 nitrogen and oxygen atoms in total. The van der Waals surface area contributed by atoms with Gasteiger partial charge in [0.2, 0.25) is 10.0 Å². The van der Waals surface area contributed by atoms with Crippen LogP contribution in [0.5, 0.6) is 0 Å². The molecule has 1 aromatic rings. The zero-order chi connectivity index (χ0) is 16.7. The monoisotopic (exact) mass is 338 g/mol. The number of nitrogens with one attached hydrogen (secondary N) is 2. The van der Waals surface area contributed by atoms with Crippen LogP contribution in [-0.4, -0.2) is 26.9 Å². The second kappa shape index (κ2) is 8.45. The summed E-state index contributed by atoms with van der Waals surface area (Å²) in [5.41, 5.74) is 0.503. The average Bonchev–Trinajstić information content (AvgIpc) is 2.56. The van der Waals surface area contributed by atoms with E-state index in [1.165, 1.54) is 18.6 Å².